The van der Waals surface area contributed by atoms with Crippen LogP contribution in [0.2, 0.25) is 0 Å². The number of β-amino-alcohol motifs (C(OH)–C–C–N with tert-alkyl or cyclic N) is 1. The maximum absolute atomic E-state index is 12.6. The second kappa shape index (κ2) is 8.12. The molecule has 2 aliphatic heterocycles. The molecule has 1 N–H and O–H groups in total. The fourth-order valence-corrected chi connectivity index (χ4v) is 3.56. The molecule has 2 unspecified atom stereocenters. The van der Waals surface area contributed by atoms with E-state index in [0.717, 1.165) is 32.0 Å². The summed E-state index contributed by atoms with van der Waals surface area (Å²) >= 11 is 0. The van der Waals surface area contributed by atoms with Crippen molar-refractivity contribution in [3.05, 3.63) is 23.9 Å². The van der Waals surface area contributed by atoms with Crippen molar-refractivity contribution in [3.8, 4) is 0 Å². The van der Waals surface area contributed by atoms with Crippen molar-refractivity contribution in [1.82, 2.24) is 14.8 Å². The van der Waals surface area contributed by atoms with Crippen molar-refractivity contribution < 1.29 is 14.6 Å². The Bertz CT molecular complexity index is 562. The van der Waals surface area contributed by atoms with Crippen LogP contribution in [0.5, 0.6) is 0 Å². The SMILES string of the molecule is CC1CN(c2ccc(C(=O)N3CCN(CCO)CC3)cn2)CC(C)O1. The van der Waals surface area contributed by atoms with E-state index >= 15 is 0 Å². The van der Waals surface area contributed by atoms with Crippen molar-refractivity contribution in [3.63, 3.8) is 0 Å². The molecular weight excluding hydrogens is 320 g/mol. The number of aliphatic hydroxyl groups excluding tert-OH is 1. The number of carbonyl (C=O) groups is 1. The molecule has 0 aromatic carbocycles. The number of nitrogens with zero attached hydrogens (tertiary/aromatic N) is 4. The topological polar surface area (TPSA) is 69.1 Å². The summed E-state index contributed by atoms with van der Waals surface area (Å²) in [6, 6.07) is 3.80. The zero-order valence-corrected chi connectivity index (χ0v) is 15.1. The molecule has 7 nitrogen and oxygen atoms in total. The lowest BCUT2D eigenvalue weighted by Crippen LogP contribution is -2.49. The van der Waals surface area contributed by atoms with E-state index in [9.17, 15) is 4.79 Å². The molecule has 3 heterocycles. The predicted molar refractivity (Wildman–Crippen MR) is 95.9 cm³/mol. The first kappa shape index (κ1) is 18.1. The molecule has 2 aliphatic rings. The van der Waals surface area contributed by atoms with Crippen LogP contribution in [0.3, 0.4) is 0 Å². The number of pyridine rings is 1. The Labute approximate surface area is 149 Å². The van der Waals surface area contributed by atoms with Gasteiger partial charge in [0.05, 0.1) is 24.4 Å². The second-order valence-electron chi connectivity index (χ2n) is 6.92. The number of hydrogen-bond acceptors (Lipinski definition) is 6. The van der Waals surface area contributed by atoms with Crippen LogP contribution in [0.4, 0.5) is 5.82 Å². The molecule has 3 rings (SSSR count). The van der Waals surface area contributed by atoms with E-state index in [1.54, 1.807) is 6.20 Å². The van der Waals surface area contributed by atoms with Gasteiger partial charge in [0.25, 0.3) is 5.91 Å². The average Bonchev–Trinajstić information content (AvgIpc) is 2.61. The fraction of sp³-hybridized carbons (Fsp3) is 0.667. The Hall–Kier alpha value is -1.70. The van der Waals surface area contributed by atoms with Gasteiger partial charge in [-0.15, -0.1) is 0 Å². The summed E-state index contributed by atoms with van der Waals surface area (Å²) in [5.74, 6) is 0.928. The minimum absolute atomic E-state index is 0.0337. The predicted octanol–water partition coefficient (Wildman–Crippen LogP) is 0.445. The molecule has 1 aromatic rings. The van der Waals surface area contributed by atoms with E-state index in [1.807, 2.05) is 17.0 Å². The summed E-state index contributed by atoms with van der Waals surface area (Å²) in [5.41, 5.74) is 0.633. The first-order valence-corrected chi connectivity index (χ1v) is 9.05. The standard InChI is InChI=1S/C18H28N4O3/c1-14-12-22(13-15(2)25-14)17-4-3-16(11-19-17)18(24)21-7-5-20(6-8-21)9-10-23/h3-4,11,14-15,23H,5-10,12-13H2,1-2H3. The summed E-state index contributed by atoms with van der Waals surface area (Å²) in [6.07, 6.45) is 2.05. The van der Waals surface area contributed by atoms with Gasteiger partial charge in [-0.1, -0.05) is 0 Å². The third kappa shape index (κ3) is 4.48. The number of hydrogen-bond donors (Lipinski definition) is 1. The van der Waals surface area contributed by atoms with Crippen LogP contribution >= 0.6 is 0 Å². The summed E-state index contributed by atoms with van der Waals surface area (Å²) in [7, 11) is 0. The Kier molecular flexibility index (Phi) is 5.88. The maximum atomic E-state index is 12.6. The van der Waals surface area contributed by atoms with Gasteiger partial charge in [-0.2, -0.15) is 0 Å². The van der Waals surface area contributed by atoms with Gasteiger partial charge in [-0.25, -0.2) is 4.98 Å². The summed E-state index contributed by atoms with van der Waals surface area (Å²) in [4.78, 5) is 23.4. The van der Waals surface area contributed by atoms with Crippen molar-refractivity contribution >= 4 is 11.7 Å². The Morgan fingerprint density at radius 2 is 1.88 bits per heavy atom. The molecule has 0 spiro atoms. The number of aliphatic hydroxyl groups is 1. The lowest BCUT2D eigenvalue weighted by Gasteiger charge is -2.36. The Morgan fingerprint density at radius 1 is 1.20 bits per heavy atom. The molecule has 2 fully saturated rings. The van der Waals surface area contributed by atoms with E-state index < -0.39 is 0 Å². The molecule has 0 saturated carbocycles. The smallest absolute Gasteiger partial charge is 0.255 e. The van der Waals surface area contributed by atoms with E-state index in [4.69, 9.17) is 9.84 Å². The second-order valence-corrected chi connectivity index (χ2v) is 6.92. The largest absolute Gasteiger partial charge is 0.395 e. The number of piperazine rings is 1. The maximum Gasteiger partial charge on any atom is 0.255 e. The zero-order chi connectivity index (χ0) is 17.8. The molecule has 2 atom stereocenters. The third-order valence-corrected chi connectivity index (χ3v) is 4.81. The van der Waals surface area contributed by atoms with Gasteiger partial charge in [0.15, 0.2) is 0 Å². The van der Waals surface area contributed by atoms with Crippen LogP contribution in [-0.4, -0.2) is 90.4 Å². The highest BCUT2D eigenvalue weighted by molar-refractivity contribution is 5.94. The highest BCUT2D eigenvalue weighted by Gasteiger charge is 2.25. The third-order valence-electron chi connectivity index (χ3n) is 4.81. The Morgan fingerprint density at radius 3 is 2.44 bits per heavy atom. The molecule has 0 radical (unpaired) electrons. The summed E-state index contributed by atoms with van der Waals surface area (Å²) in [5, 5.41) is 9.00. The van der Waals surface area contributed by atoms with E-state index in [-0.39, 0.29) is 24.7 Å². The van der Waals surface area contributed by atoms with Gasteiger partial charge in [-0.05, 0) is 26.0 Å². The minimum atomic E-state index is 0.0337. The summed E-state index contributed by atoms with van der Waals surface area (Å²) < 4.78 is 5.76. The normalized spacial score (nSPS) is 25.2. The minimum Gasteiger partial charge on any atom is -0.395 e. The van der Waals surface area contributed by atoms with E-state index in [1.165, 1.54) is 0 Å². The van der Waals surface area contributed by atoms with Gasteiger partial charge in [0.1, 0.15) is 5.82 Å². The van der Waals surface area contributed by atoms with E-state index in [2.05, 4.69) is 28.6 Å². The average molecular weight is 348 g/mol. The molecule has 2 saturated heterocycles. The molecule has 25 heavy (non-hydrogen) atoms. The number of anilines is 1. The molecular formula is C18H28N4O3. The van der Waals surface area contributed by atoms with Crippen LogP contribution in [0.25, 0.3) is 0 Å². The summed E-state index contributed by atoms with van der Waals surface area (Å²) in [6.45, 7) is 9.61. The van der Waals surface area contributed by atoms with Gasteiger partial charge in [-0.3, -0.25) is 9.69 Å². The Balaban J connectivity index is 1.59. The molecule has 7 heteroatoms. The van der Waals surface area contributed by atoms with Crippen molar-refractivity contribution in [1.29, 1.82) is 0 Å². The number of morpholine rings is 1. The number of aromatic nitrogens is 1. The van der Waals surface area contributed by atoms with Crippen molar-refractivity contribution in [2.75, 3.05) is 57.3 Å². The van der Waals surface area contributed by atoms with Crippen molar-refractivity contribution in [2.24, 2.45) is 0 Å². The zero-order valence-electron chi connectivity index (χ0n) is 15.1. The van der Waals surface area contributed by atoms with Crippen LogP contribution in [0.1, 0.15) is 24.2 Å². The van der Waals surface area contributed by atoms with Crippen LogP contribution in [0, 0.1) is 0 Å². The highest BCUT2D eigenvalue weighted by atomic mass is 16.5. The molecule has 138 valence electrons. The fourth-order valence-electron chi connectivity index (χ4n) is 3.56. The molecule has 1 aromatic heterocycles. The van der Waals surface area contributed by atoms with Crippen molar-refractivity contribution in [2.45, 2.75) is 26.1 Å². The van der Waals surface area contributed by atoms with E-state index in [0.29, 0.717) is 25.2 Å². The first-order chi connectivity index (χ1) is 12.1. The molecule has 0 aliphatic carbocycles. The quantitative estimate of drug-likeness (QED) is 0.852. The lowest BCUT2D eigenvalue weighted by molar-refractivity contribution is -0.00546. The number of ether oxygens (including phenoxy) is 1. The molecule has 0 bridgehead atoms. The van der Waals surface area contributed by atoms with Gasteiger partial charge in [0, 0.05) is 52.0 Å². The highest BCUT2D eigenvalue weighted by Crippen LogP contribution is 2.19. The lowest BCUT2D eigenvalue weighted by atomic mass is 10.2. The number of carbonyl (C=O) groups excluding carboxylic acids is 1. The number of amides is 1. The van der Waals surface area contributed by atoms with Gasteiger partial charge >= 0.3 is 0 Å². The monoisotopic (exact) mass is 348 g/mol. The van der Waals surface area contributed by atoms with Crippen LogP contribution < -0.4 is 4.90 Å². The number of rotatable bonds is 4. The van der Waals surface area contributed by atoms with Gasteiger partial charge < -0.3 is 19.6 Å². The first-order valence-electron chi connectivity index (χ1n) is 9.05. The van der Waals surface area contributed by atoms with Crippen LogP contribution in [0.15, 0.2) is 18.3 Å². The molecule has 1 amide bonds. The van der Waals surface area contributed by atoms with Crippen LogP contribution in [-0.2, 0) is 4.74 Å². The van der Waals surface area contributed by atoms with Gasteiger partial charge in [0.2, 0.25) is 0 Å².